The predicted molar refractivity (Wildman–Crippen MR) is 57.0 cm³/mol. The van der Waals surface area contributed by atoms with Crippen LogP contribution in [0.3, 0.4) is 0 Å². The molecule has 14 heavy (non-hydrogen) atoms. The maximum absolute atomic E-state index is 11.1. The molecule has 0 aromatic rings. The smallest absolute Gasteiger partial charge is 0.330 e. The normalized spacial score (nSPS) is 15.4. The highest BCUT2D eigenvalue weighted by molar-refractivity contribution is 7.50. The third-order valence-corrected chi connectivity index (χ3v) is 2.97. The molecule has 0 aromatic carbocycles. The van der Waals surface area contributed by atoms with Crippen LogP contribution in [0.2, 0.25) is 0 Å². The Morgan fingerprint density at radius 1 is 1.36 bits per heavy atom. The van der Waals surface area contributed by atoms with Gasteiger partial charge in [0.1, 0.15) is 0 Å². The van der Waals surface area contributed by atoms with Crippen molar-refractivity contribution in [1.82, 2.24) is 5.09 Å². The lowest BCUT2D eigenvalue weighted by molar-refractivity contribution is 0.244. The number of hydrogen-bond donors (Lipinski definition) is 3. The zero-order chi connectivity index (χ0) is 10.9. The lowest BCUT2D eigenvalue weighted by Crippen LogP contribution is -2.11. The Morgan fingerprint density at radius 3 is 2.57 bits per heavy atom. The third-order valence-electron chi connectivity index (χ3n) is 1.72. The zero-order valence-electron chi connectivity index (χ0n) is 8.74. The number of hydrogen-bond acceptors (Lipinski definition) is 3. The van der Waals surface area contributed by atoms with Gasteiger partial charge in [0.05, 0.1) is 6.61 Å². The van der Waals surface area contributed by atoms with Crippen molar-refractivity contribution in [3.63, 3.8) is 0 Å². The Morgan fingerprint density at radius 2 is 2.00 bits per heavy atom. The topological polar surface area (TPSA) is 84.6 Å². The minimum absolute atomic E-state index is 0.325. The van der Waals surface area contributed by atoms with Crippen LogP contribution in [0.4, 0.5) is 0 Å². The molecule has 0 bridgehead atoms. The Balaban J connectivity index is 3.30. The molecule has 6 heteroatoms. The van der Waals surface area contributed by atoms with E-state index in [0.29, 0.717) is 19.7 Å². The van der Waals surface area contributed by atoms with Crippen molar-refractivity contribution in [3.05, 3.63) is 0 Å². The summed E-state index contributed by atoms with van der Waals surface area (Å²) in [6.07, 6.45) is 3.85. The molecule has 0 aliphatic heterocycles. The Hall–Kier alpha value is 0.0700. The van der Waals surface area contributed by atoms with E-state index in [1.165, 1.54) is 0 Å². The second-order valence-corrected chi connectivity index (χ2v) is 4.68. The number of unbranched alkanes of at least 4 members (excludes halogenated alkanes) is 3. The summed E-state index contributed by atoms with van der Waals surface area (Å²) in [5.74, 6) is 0. The quantitative estimate of drug-likeness (QED) is 0.405. The molecule has 86 valence electrons. The van der Waals surface area contributed by atoms with E-state index in [4.69, 9.17) is 15.2 Å². The first-order valence-electron chi connectivity index (χ1n) is 5.05. The maximum atomic E-state index is 11.1. The van der Waals surface area contributed by atoms with Gasteiger partial charge in [0.2, 0.25) is 0 Å². The zero-order valence-corrected chi connectivity index (χ0v) is 9.63. The van der Waals surface area contributed by atoms with E-state index in [-0.39, 0.29) is 0 Å². The minimum atomic E-state index is -3.52. The van der Waals surface area contributed by atoms with Crippen LogP contribution in [0.1, 0.15) is 32.6 Å². The van der Waals surface area contributed by atoms with Crippen molar-refractivity contribution in [2.75, 3.05) is 19.7 Å². The molecule has 0 spiro atoms. The van der Waals surface area contributed by atoms with Gasteiger partial charge in [-0.25, -0.2) is 9.65 Å². The molecule has 0 amide bonds. The highest BCUT2D eigenvalue weighted by Crippen LogP contribution is 2.36. The van der Waals surface area contributed by atoms with Crippen LogP contribution in [0.15, 0.2) is 0 Å². The first-order chi connectivity index (χ1) is 6.62. The third kappa shape index (κ3) is 8.66. The van der Waals surface area contributed by atoms with Gasteiger partial charge in [-0.2, -0.15) is 0 Å². The number of nitrogens with two attached hydrogens (primary N) is 1. The molecule has 0 saturated heterocycles. The van der Waals surface area contributed by atoms with E-state index in [1.54, 1.807) is 6.92 Å². The number of rotatable bonds is 9. The van der Waals surface area contributed by atoms with Crippen LogP contribution in [-0.2, 0) is 9.09 Å². The summed E-state index contributed by atoms with van der Waals surface area (Å²) in [7, 11) is -3.52. The van der Waals surface area contributed by atoms with E-state index in [0.717, 1.165) is 25.7 Å². The Labute approximate surface area is 85.6 Å². The van der Waals surface area contributed by atoms with E-state index in [1.807, 2.05) is 0 Å². The second kappa shape index (κ2) is 8.38. The first kappa shape index (κ1) is 14.1. The van der Waals surface area contributed by atoms with E-state index in [2.05, 4.69) is 5.09 Å². The van der Waals surface area contributed by atoms with Gasteiger partial charge in [0, 0.05) is 6.54 Å². The molecule has 0 fully saturated rings. The molecule has 0 aliphatic rings. The summed E-state index contributed by atoms with van der Waals surface area (Å²) in [5.41, 5.74) is 5.33. The van der Waals surface area contributed by atoms with Crippen LogP contribution >= 0.6 is 7.75 Å². The van der Waals surface area contributed by atoms with Crippen molar-refractivity contribution in [1.29, 1.82) is 0 Å². The summed E-state index contributed by atoms with van der Waals surface area (Å²) in [4.78, 5) is 9.12. The number of nitrogens with one attached hydrogen (secondary N) is 1. The van der Waals surface area contributed by atoms with Crippen molar-refractivity contribution in [2.24, 2.45) is 5.73 Å². The monoisotopic (exact) mass is 224 g/mol. The molecule has 5 nitrogen and oxygen atoms in total. The van der Waals surface area contributed by atoms with Gasteiger partial charge in [-0.15, -0.1) is 0 Å². The molecule has 0 rings (SSSR count). The Bertz CT molecular complexity index is 178. The fraction of sp³-hybridized carbons (Fsp3) is 1.00. The summed E-state index contributed by atoms with van der Waals surface area (Å²) in [6, 6.07) is 0. The lowest BCUT2D eigenvalue weighted by atomic mass is 10.2. The highest BCUT2D eigenvalue weighted by Gasteiger charge is 2.15. The molecule has 4 N–H and O–H groups in total. The summed E-state index contributed by atoms with van der Waals surface area (Å²) in [5, 5.41) is 2.39. The fourth-order valence-corrected chi connectivity index (χ4v) is 1.90. The maximum Gasteiger partial charge on any atom is 0.402 e. The molecule has 1 unspecified atom stereocenters. The van der Waals surface area contributed by atoms with Crippen molar-refractivity contribution < 1.29 is 14.0 Å². The first-order valence-corrected chi connectivity index (χ1v) is 6.62. The van der Waals surface area contributed by atoms with Gasteiger partial charge in [0.15, 0.2) is 0 Å². The molecule has 0 radical (unpaired) electrons. The summed E-state index contributed by atoms with van der Waals surface area (Å²) in [6.45, 7) is 3.22. The SMILES string of the molecule is CCNP(=O)(O)OCCCCCCN. The fourth-order valence-electron chi connectivity index (χ4n) is 1.03. The molecule has 0 aliphatic carbocycles. The molecular formula is C8H21N2O3P. The average molecular weight is 224 g/mol. The summed E-state index contributed by atoms with van der Waals surface area (Å²) < 4.78 is 15.9. The van der Waals surface area contributed by atoms with Crippen molar-refractivity contribution in [2.45, 2.75) is 32.6 Å². The molecule has 0 aromatic heterocycles. The van der Waals surface area contributed by atoms with Gasteiger partial charge in [0.25, 0.3) is 0 Å². The van der Waals surface area contributed by atoms with Crippen molar-refractivity contribution in [3.8, 4) is 0 Å². The largest absolute Gasteiger partial charge is 0.402 e. The van der Waals surface area contributed by atoms with Gasteiger partial charge in [-0.3, -0.25) is 4.52 Å². The van der Waals surface area contributed by atoms with Crippen LogP contribution in [0.5, 0.6) is 0 Å². The Kier molecular flexibility index (Phi) is 8.43. The van der Waals surface area contributed by atoms with E-state index in [9.17, 15) is 4.57 Å². The van der Waals surface area contributed by atoms with E-state index >= 15 is 0 Å². The van der Waals surface area contributed by atoms with Gasteiger partial charge in [-0.1, -0.05) is 19.8 Å². The van der Waals surface area contributed by atoms with Crippen molar-refractivity contribution >= 4 is 7.75 Å². The standard InChI is InChI=1S/C8H21N2O3P/c1-2-10-14(11,12)13-8-6-4-3-5-7-9/h2-9H2,1H3,(H2,10,11,12). The highest BCUT2D eigenvalue weighted by atomic mass is 31.2. The van der Waals surface area contributed by atoms with Crippen LogP contribution in [0, 0.1) is 0 Å². The predicted octanol–water partition coefficient (Wildman–Crippen LogP) is 1.23. The van der Waals surface area contributed by atoms with Crippen LogP contribution in [0.25, 0.3) is 0 Å². The van der Waals surface area contributed by atoms with Gasteiger partial charge >= 0.3 is 7.75 Å². The average Bonchev–Trinajstić information content (AvgIpc) is 2.11. The minimum Gasteiger partial charge on any atom is -0.330 e. The molecule has 0 saturated carbocycles. The van der Waals surface area contributed by atoms with Gasteiger partial charge in [-0.05, 0) is 19.4 Å². The van der Waals surface area contributed by atoms with Crippen LogP contribution in [-0.4, -0.2) is 24.6 Å². The summed E-state index contributed by atoms with van der Waals surface area (Å²) >= 11 is 0. The second-order valence-electron chi connectivity index (χ2n) is 3.07. The molecule has 1 atom stereocenters. The molecular weight excluding hydrogens is 203 g/mol. The van der Waals surface area contributed by atoms with E-state index < -0.39 is 7.75 Å². The van der Waals surface area contributed by atoms with Crippen LogP contribution < -0.4 is 10.8 Å². The molecule has 0 heterocycles. The lowest BCUT2D eigenvalue weighted by Gasteiger charge is -2.11. The van der Waals surface area contributed by atoms with Gasteiger partial charge < -0.3 is 10.6 Å².